The Morgan fingerprint density at radius 2 is 2.39 bits per heavy atom. The summed E-state index contributed by atoms with van der Waals surface area (Å²) in [7, 11) is 0. The minimum Gasteiger partial charge on any atom is -0.396 e. The second-order valence-electron chi connectivity index (χ2n) is 4.94. The second-order valence-corrected chi connectivity index (χ2v) is 4.94. The van der Waals surface area contributed by atoms with Crippen molar-refractivity contribution >= 4 is 11.6 Å². The first-order chi connectivity index (χ1) is 8.83. The summed E-state index contributed by atoms with van der Waals surface area (Å²) in [5, 5.41) is 12.6. The summed E-state index contributed by atoms with van der Waals surface area (Å²) < 4.78 is 0. The van der Waals surface area contributed by atoms with Crippen molar-refractivity contribution in [1.29, 1.82) is 0 Å². The zero-order valence-corrected chi connectivity index (χ0v) is 11.1. The first kappa shape index (κ1) is 13.1. The molecule has 0 amide bonds. The molecule has 4 heteroatoms. The van der Waals surface area contributed by atoms with E-state index < -0.39 is 0 Å². The standard InChI is InChI=1S/C14H23N3O/c1-2-8-15-13-6-3-7-14(16-13)17-9-4-5-12(10-17)11-18/h3,6-7,12,18H,2,4-5,8-11H2,1H3,(H,15,16). The molecule has 1 aromatic heterocycles. The van der Waals surface area contributed by atoms with Crippen molar-refractivity contribution in [3.63, 3.8) is 0 Å². The van der Waals surface area contributed by atoms with Crippen molar-refractivity contribution in [3.05, 3.63) is 18.2 Å². The highest BCUT2D eigenvalue weighted by atomic mass is 16.3. The van der Waals surface area contributed by atoms with Gasteiger partial charge in [-0.25, -0.2) is 4.98 Å². The third-order valence-corrected chi connectivity index (χ3v) is 3.39. The Morgan fingerprint density at radius 1 is 1.50 bits per heavy atom. The fraction of sp³-hybridized carbons (Fsp3) is 0.643. The van der Waals surface area contributed by atoms with Gasteiger partial charge in [-0.2, -0.15) is 0 Å². The lowest BCUT2D eigenvalue weighted by atomic mass is 9.99. The van der Waals surface area contributed by atoms with E-state index in [4.69, 9.17) is 0 Å². The molecule has 1 aliphatic heterocycles. The molecule has 0 radical (unpaired) electrons. The van der Waals surface area contributed by atoms with Crippen LogP contribution < -0.4 is 10.2 Å². The van der Waals surface area contributed by atoms with E-state index in [2.05, 4.69) is 28.2 Å². The summed E-state index contributed by atoms with van der Waals surface area (Å²) >= 11 is 0. The molecule has 1 atom stereocenters. The first-order valence-electron chi connectivity index (χ1n) is 6.90. The summed E-state index contributed by atoms with van der Waals surface area (Å²) in [6, 6.07) is 6.10. The van der Waals surface area contributed by atoms with Crippen molar-refractivity contribution in [3.8, 4) is 0 Å². The number of nitrogens with zero attached hydrogens (tertiary/aromatic N) is 2. The van der Waals surface area contributed by atoms with Crippen LogP contribution in [0.2, 0.25) is 0 Å². The van der Waals surface area contributed by atoms with E-state index in [0.717, 1.165) is 50.5 Å². The molecule has 0 aliphatic carbocycles. The Kier molecular flexibility index (Phi) is 4.81. The SMILES string of the molecule is CCCNc1cccc(N2CCCC(CO)C2)n1. The Labute approximate surface area is 109 Å². The summed E-state index contributed by atoms with van der Waals surface area (Å²) in [6.07, 6.45) is 3.36. The predicted octanol–water partition coefficient (Wildman–Crippen LogP) is 2.11. The van der Waals surface area contributed by atoms with Crippen LogP contribution in [0.3, 0.4) is 0 Å². The summed E-state index contributed by atoms with van der Waals surface area (Å²) in [5.74, 6) is 2.36. The molecule has 18 heavy (non-hydrogen) atoms. The number of aromatic nitrogens is 1. The van der Waals surface area contributed by atoms with Crippen molar-refractivity contribution in [1.82, 2.24) is 4.98 Å². The zero-order chi connectivity index (χ0) is 12.8. The number of aliphatic hydroxyl groups is 1. The van der Waals surface area contributed by atoms with Gasteiger partial charge in [0.2, 0.25) is 0 Å². The van der Waals surface area contributed by atoms with E-state index >= 15 is 0 Å². The number of nitrogens with one attached hydrogen (secondary N) is 1. The number of anilines is 2. The number of aliphatic hydroxyl groups excluding tert-OH is 1. The molecular formula is C14H23N3O. The van der Waals surface area contributed by atoms with Crippen LogP contribution in [-0.4, -0.2) is 36.3 Å². The first-order valence-corrected chi connectivity index (χ1v) is 6.90. The fourth-order valence-electron chi connectivity index (χ4n) is 2.37. The third-order valence-electron chi connectivity index (χ3n) is 3.39. The van der Waals surface area contributed by atoms with Gasteiger partial charge in [0.25, 0.3) is 0 Å². The smallest absolute Gasteiger partial charge is 0.130 e. The monoisotopic (exact) mass is 249 g/mol. The topological polar surface area (TPSA) is 48.4 Å². The zero-order valence-electron chi connectivity index (χ0n) is 11.1. The van der Waals surface area contributed by atoms with Crippen LogP contribution >= 0.6 is 0 Å². The van der Waals surface area contributed by atoms with Crippen LogP contribution in [0.1, 0.15) is 26.2 Å². The highest BCUT2D eigenvalue weighted by Gasteiger charge is 2.20. The van der Waals surface area contributed by atoms with Crippen LogP contribution in [-0.2, 0) is 0 Å². The normalized spacial score (nSPS) is 19.9. The Morgan fingerprint density at radius 3 is 3.17 bits per heavy atom. The van der Waals surface area contributed by atoms with Gasteiger partial charge in [-0.15, -0.1) is 0 Å². The van der Waals surface area contributed by atoms with Crippen LogP contribution in [0.15, 0.2) is 18.2 Å². The van der Waals surface area contributed by atoms with Crippen LogP contribution in [0.25, 0.3) is 0 Å². The van der Waals surface area contributed by atoms with E-state index in [-0.39, 0.29) is 6.61 Å². The minimum atomic E-state index is 0.282. The summed E-state index contributed by atoms with van der Waals surface area (Å²) in [5.41, 5.74) is 0. The molecule has 1 aromatic rings. The summed E-state index contributed by atoms with van der Waals surface area (Å²) in [4.78, 5) is 6.92. The number of piperidine rings is 1. The summed E-state index contributed by atoms with van der Waals surface area (Å²) in [6.45, 7) is 5.34. The van der Waals surface area contributed by atoms with E-state index in [1.54, 1.807) is 0 Å². The van der Waals surface area contributed by atoms with E-state index in [1.165, 1.54) is 0 Å². The van der Waals surface area contributed by atoms with Gasteiger partial charge in [-0.3, -0.25) is 0 Å². The second kappa shape index (κ2) is 6.59. The lowest BCUT2D eigenvalue weighted by molar-refractivity contribution is 0.208. The average molecular weight is 249 g/mol. The molecule has 2 rings (SSSR count). The van der Waals surface area contributed by atoms with Gasteiger partial charge in [0.1, 0.15) is 11.6 Å². The van der Waals surface area contributed by atoms with E-state index in [1.807, 2.05) is 12.1 Å². The third kappa shape index (κ3) is 3.35. The molecule has 0 saturated carbocycles. The molecule has 4 nitrogen and oxygen atoms in total. The maximum Gasteiger partial charge on any atom is 0.130 e. The van der Waals surface area contributed by atoms with E-state index in [0.29, 0.717) is 5.92 Å². The van der Waals surface area contributed by atoms with Crippen LogP contribution in [0.4, 0.5) is 11.6 Å². The predicted molar refractivity (Wildman–Crippen MR) is 75.0 cm³/mol. The quantitative estimate of drug-likeness (QED) is 0.839. The Bertz CT molecular complexity index is 370. The lowest BCUT2D eigenvalue weighted by Gasteiger charge is -2.32. The maximum atomic E-state index is 9.27. The lowest BCUT2D eigenvalue weighted by Crippen LogP contribution is -2.37. The molecule has 2 N–H and O–H groups in total. The highest BCUT2D eigenvalue weighted by molar-refractivity contribution is 5.47. The number of pyridine rings is 1. The number of hydrogen-bond donors (Lipinski definition) is 2. The molecule has 2 heterocycles. The van der Waals surface area contributed by atoms with Gasteiger partial charge in [-0.1, -0.05) is 13.0 Å². The molecule has 0 bridgehead atoms. The minimum absolute atomic E-state index is 0.282. The van der Waals surface area contributed by atoms with Crippen molar-refractivity contribution < 1.29 is 5.11 Å². The molecule has 0 spiro atoms. The molecule has 1 saturated heterocycles. The average Bonchev–Trinajstić information content (AvgIpc) is 2.45. The van der Waals surface area contributed by atoms with Gasteiger partial charge >= 0.3 is 0 Å². The van der Waals surface area contributed by atoms with Crippen LogP contribution in [0.5, 0.6) is 0 Å². The van der Waals surface area contributed by atoms with Gasteiger partial charge in [0.05, 0.1) is 0 Å². The van der Waals surface area contributed by atoms with Gasteiger partial charge in [-0.05, 0) is 37.3 Å². The van der Waals surface area contributed by atoms with Gasteiger partial charge in [0, 0.05) is 26.2 Å². The number of hydrogen-bond acceptors (Lipinski definition) is 4. The van der Waals surface area contributed by atoms with Gasteiger partial charge < -0.3 is 15.3 Å². The fourth-order valence-corrected chi connectivity index (χ4v) is 2.37. The Hall–Kier alpha value is -1.29. The van der Waals surface area contributed by atoms with Crippen molar-refractivity contribution in [2.45, 2.75) is 26.2 Å². The molecule has 0 aromatic carbocycles. The molecule has 1 fully saturated rings. The highest BCUT2D eigenvalue weighted by Crippen LogP contribution is 2.22. The van der Waals surface area contributed by atoms with Crippen LogP contribution in [0, 0.1) is 5.92 Å². The number of rotatable bonds is 5. The molecule has 100 valence electrons. The van der Waals surface area contributed by atoms with Crippen molar-refractivity contribution in [2.24, 2.45) is 5.92 Å². The Balaban J connectivity index is 2.02. The largest absolute Gasteiger partial charge is 0.396 e. The molecule has 1 aliphatic rings. The van der Waals surface area contributed by atoms with Gasteiger partial charge in [0.15, 0.2) is 0 Å². The maximum absolute atomic E-state index is 9.27. The van der Waals surface area contributed by atoms with E-state index in [9.17, 15) is 5.11 Å². The van der Waals surface area contributed by atoms with Crippen molar-refractivity contribution in [2.75, 3.05) is 36.5 Å². The molecule has 1 unspecified atom stereocenters. The molecular weight excluding hydrogens is 226 g/mol.